The maximum absolute atomic E-state index is 9.58. The molecule has 0 bridgehead atoms. The van der Waals surface area contributed by atoms with Crippen LogP contribution in [0.15, 0.2) is 78.9 Å². The third-order valence-electron chi connectivity index (χ3n) is 4.00. The lowest BCUT2D eigenvalue weighted by Crippen LogP contribution is -2.30. The van der Waals surface area contributed by atoms with E-state index < -0.39 is 7.26 Å². The van der Waals surface area contributed by atoms with Crippen LogP contribution in [0.3, 0.4) is 0 Å². The average Bonchev–Trinajstić information content (AvgIpc) is 2.56. The van der Waals surface area contributed by atoms with E-state index in [-0.39, 0.29) is 11.5 Å². The molecule has 2 nitrogen and oxygen atoms in total. The Hall–Kier alpha value is -2.31. The van der Waals surface area contributed by atoms with Gasteiger partial charge in [0.1, 0.15) is 34.7 Å². The molecule has 3 aromatic rings. The molecule has 0 atom stereocenters. The van der Waals surface area contributed by atoms with Gasteiger partial charge in [-0.05, 0) is 60.7 Å². The zero-order valence-electron chi connectivity index (χ0n) is 12.3. The molecule has 0 spiro atoms. The van der Waals surface area contributed by atoms with Crippen molar-refractivity contribution in [3.63, 3.8) is 0 Å². The molecule has 0 aromatic heterocycles. The molecule has 2 N–H and O–H groups in total. The largest absolute Gasteiger partial charge is 0.508 e. The van der Waals surface area contributed by atoms with E-state index in [0.29, 0.717) is 0 Å². The molecule has 0 unspecified atom stereocenters. The molecule has 0 heterocycles. The minimum atomic E-state index is -1.79. The fourth-order valence-corrected chi connectivity index (χ4v) is 5.83. The average molecular weight is 309 g/mol. The Bertz CT molecular complexity index is 704. The zero-order valence-corrected chi connectivity index (χ0v) is 13.2. The lowest BCUT2D eigenvalue weighted by molar-refractivity contribution is 0.475. The second-order valence-electron chi connectivity index (χ2n) is 5.37. The van der Waals surface area contributed by atoms with Crippen molar-refractivity contribution in [1.82, 2.24) is 0 Å². The Kier molecular flexibility index (Phi) is 3.87. The summed E-state index contributed by atoms with van der Waals surface area (Å²) in [4.78, 5) is 0. The third kappa shape index (κ3) is 2.58. The molecule has 3 rings (SSSR count). The van der Waals surface area contributed by atoms with Crippen molar-refractivity contribution in [2.75, 3.05) is 6.66 Å². The van der Waals surface area contributed by atoms with Crippen molar-refractivity contribution in [3.05, 3.63) is 78.9 Å². The first kappa shape index (κ1) is 14.6. The monoisotopic (exact) mass is 309 g/mol. The maximum atomic E-state index is 9.58. The molecule has 0 radical (unpaired) electrons. The van der Waals surface area contributed by atoms with Gasteiger partial charge >= 0.3 is 0 Å². The molecule has 0 saturated carbocycles. The number of phenolic OH excluding ortho intramolecular Hbond substituents is 2. The van der Waals surface area contributed by atoms with Gasteiger partial charge in [-0.1, -0.05) is 18.2 Å². The molecule has 0 aliphatic heterocycles. The second kappa shape index (κ2) is 5.82. The summed E-state index contributed by atoms with van der Waals surface area (Å²) in [6.45, 7) is 2.26. The summed E-state index contributed by atoms with van der Waals surface area (Å²) in [5.74, 6) is 0.545. The smallest absolute Gasteiger partial charge is 0.115 e. The summed E-state index contributed by atoms with van der Waals surface area (Å²) in [6, 6.07) is 25.3. The van der Waals surface area contributed by atoms with Gasteiger partial charge in [-0.3, -0.25) is 0 Å². The van der Waals surface area contributed by atoms with Crippen LogP contribution in [-0.2, 0) is 0 Å². The molecule has 22 heavy (non-hydrogen) atoms. The predicted octanol–water partition coefficient (Wildman–Crippen LogP) is 3.02. The molecule has 0 amide bonds. The number of phenols is 2. The van der Waals surface area contributed by atoms with Crippen LogP contribution in [0.1, 0.15) is 0 Å². The first-order valence-corrected chi connectivity index (χ1v) is 9.35. The molecule has 110 valence electrons. The standard InChI is InChI=1S/C19H17O2P/c1-22(17-5-3-2-4-6-17,18-11-7-15(20)8-12-18)19-13-9-16(21)10-14-19/h2-14H,1H3,(H-,20,21)/p+1. The minimum absolute atomic E-state index is 0.272. The van der Waals surface area contributed by atoms with Gasteiger partial charge < -0.3 is 10.2 Å². The summed E-state index contributed by atoms with van der Waals surface area (Å²) >= 11 is 0. The van der Waals surface area contributed by atoms with Gasteiger partial charge in [-0.25, -0.2) is 0 Å². The summed E-state index contributed by atoms with van der Waals surface area (Å²) in [5, 5.41) is 22.8. The third-order valence-corrected chi connectivity index (χ3v) is 8.00. The van der Waals surface area contributed by atoms with Crippen LogP contribution < -0.4 is 15.9 Å². The molecule has 0 saturated heterocycles. The van der Waals surface area contributed by atoms with Crippen molar-refractivity contribution in [1.29, 1.82) is 0 Å². The number of hydrogen-bond donors (Lipinski definition) is 2. The van der Waals surface area contributed by atoms with E-state index in [1.807, 2.05) is 30.3 Å². The SMILES string of the molecule is C[P+](c1ccccc1)(c1ccc(O)cc1)c1ccc(O)cc1. The maximum Gasteiger partial charge on any atom is 0.115 e. The summed E-state index contributed by atoms with van der Waals surface area (Å²) < 4.78 is 0. The molecular formula is C19H18O2P+. The van der Waals surface area contributed by atoms with Crippen LogP contribution in [0.4, 0.5) is 0 Å². The van der Waals surface area contributed by atoms with Crippen molar-refractivity contribution < 1.29 is 10.2 Å². The van der Waals surface area contributed by atoms with Crippen LogP contribution >= 0.6 is 7.26 Å². The molecule has 0 fully saturated rings. The van der Waals surface area contributed by atoms with Crippen LogP contribution in [0, 0.1) is 0 Å². The highest BCUT2D eigenvalue weighted by Gasteiger charge is 2.40. The Morgan fingerprint density at radius 2 is 0.909 bits per heavy atom. The summed E-state index contributed by atoms with van der Waals surface area (Å²) in [6.07, 6.45) is 0. The number of aromatic hydroxyl groups is 2. The van der Waals surface area contributed by atoms with E-state index in [1.165, 1.54) is 15.9 Å². The van der Waals surface area contributed by atoms with Gasteiger partial charge in [-0.2, -0.15) is 0 Å². The van der Waals surface area contributed by atoms with Crippen molar-refractivity contribution >= 4 is 23.2 Å². The van der Waals surface area contributed by atoms with E-state index in [4.69, 9.17) is 0 Å². The van der Waals surface area contributed by atoms with Gasteiger partial charge in [0.05, 0.1) is 6.66 Å². The van der Waals surface area contributed by atoms with Gasteiger partial charge in [0.15, 0.2) is 0 Å². The summed E-state index contributed by atoms with van der Waals surface area (Å²) in [5.41, 5.74) is 0. The highest BCUT2D eigenvalue weighted by atomic mass is 31.2. The van der Waals surface area contributed by atoms with Crippen LogP contribution in [0.25, 0.3) is 0 Å². The van der Waals surface area contributed by atoms with E-state index in [0.717, 1.165) is 0 Å². The van der Waals surface area contributed by atoms with Gasteiger partial charge in [-0.15, -0.1) is 0 Å². The number of rotatable bonds is 3. The quantitative estimate of drug-likeness (QED) is 0.730. The van der Waals surface area contributed by atoms with Crippen LogP contribution in [0.2, 0.25) is 0 Å². The fraction of sp³-hybridized carbons (Fsp3) is 0.0526. The molecule has 3 aromatic carbocycles. The molecule has 0 aliphatic carbocycles. The predicted molar refractivity (Wildman–Crippen MR) is 94.4 cm³/mol. The normalized spacial score (nSPS) is 11.3. The molecular weight excluding hydrogens is 291 g/mol. The molecule has 0 aliphatic rings. The Balaban J connectivity index is 2.22. The molecule has 3 heteroatoms. The van der Waals surface area contributed by atoms with E-state index in [1.54, 1.807) is 24.3 Å². The fourth-order valence-electron chi connectivity index (χ4n) is 2.67. The summed E-state index contributed by atoms with van der Waals surface area (Å²) in [7, 11) is -1.79. The van der Waals surface area contributed by atoms with E-state index >= 15 is 0 Å². The topological polar surface area (TPSA) is 40.5 Å². The number of benzene rings is 3. The van der Waals surface area contributed by atoms with Crippen LogP contribution in [0.5, 0.6) is 11.5 Å². The van der Waals surface area contributed by atoms with Crippen molar-refractivity contribution in [2.24, 2.45) is 0 Å². The zero-order chi connectivity index (χ0) is 15.6. The highest BCUT2D eigenvalue weighted by molar-refractivity contribution is 7.95. The van der Waals surface area contributed by atoms with Crippen molar-refractivity contribution in [2.45, 2.75) is 0 Å². The Labute approximate surface area is 131 Å². The Morgan fingerprint density at radius 3 is 1.32 bits per heavy atom. The van der Waals surface area contributed by atoms with Gasteiger partial charge in [0.25, 0.3) is 0 Å². The van der Waals surface area contributed by atoms with Gasteiger partial charge in [0, 0.05) is 0 Å². The van der Waals surface area contributed by atoms with Gasteiger partial charge in [0.2, 0.25) is 0 Å². The van der Waals surface area contributed by atoms with Crippen molar-refractivity contribution in [3.8, 4) is 11.5 Å². The lowest BCUT2D eigenvalue weighted by Gasteiger charge is -2.23. The van der Waals surface area contributed by atoms with E-state index in [2.05, 4.69) is 30.9 Å². The highest BCUT2D eigenvalue weighted by Crippen LogP contribution is 2.51. The Morgan fingerprint density at radius 1 is 0.545 bits per heavy atom. The van der Waals surface area contributed by atoms with E-state index in [9.17, 15) is 10.2 Å². The lowest BCUT2D eigenvalue weighted by atomic mass is 10.3. The van der Waals surface area contributed by atoms with Crippen LogP contribution in [-0.4, -0.2) is 16.9 Å². The minimum Gasteiger partial charge on any atom is -0.508 e. The first-order chi connectivity index (χ1) is 10.6. The second-order valence-corrected chi connectivity index (χ2v) is 8.94. The number of hydrogen-bond acceptors (Lipinski definition) is 2. The first-order valence-electron chi connectivity index (χ1n) is 7.12.